The van der Waals surface area contributed by atoms with Crippen LogP contribution in [0.4, 0.5) is 0 Å². The minimum Gasteiger partial charge on any atom is -0.508 e. The van der Waals surface area contributed by atoms with E-state index in [0.29, 0.717) is 5.56 Å². The van der Waals surface area contributed by atoms with E-state index in [9.17, 15) is 103 Å². The Balaban J connectivity index is 2.59. The molecule has 1 aromatic rings. The molecule has 8 atom stereocenters. The molecule has 1 unspecified atom stereocenters. The molecule has 30 nitrogen and oxygen atoms in total. The summed E-state index contributed by atoms with van der Waals surface area (Å²) in [4.78, 5) is 177. The Hall–Kier alpha value is -8.44. The number of hydrogen-bond acceptors (Lipinski definition) is 16. The van der Waals surface area contributed by atoms with E-state index in [-0.39, 0.29) is 11.3 Å². The summed E-state index contributed by atoms with van der Waals surface area (Å²) in [6, 6.07) is -9.30. The van der Waals surface area contributed by atoms with Gasteiger partial charge in [-0.05, 0) is 54.9 Å². The maximum absolute atomic E-state index is 14.6. The number of carbonyl (C=O) groups excluding carboxylic acids is 7. The average Bonchev–Trinajstić information content (AvgIpc) is 3.65. The van der Waals surface area contributed by atoms with Crippen molar-refractivity contribution < 1.29 is 108 Å². The smallest absolute Gasteiger partial charge is 0.326 e. The van der Waals surface area contributed by atoms with Crippen molar-refractivity contribution in [1.29, 1.82) is 0 Å². The Kier molecular flexibility index (Phi) is 23.1. The first-order chi connectivity index (χ1) is 33.9. The van der Waals surface area contributed by atoms with Crippen LogP contribution in [0.2, 0.25) is 0 Å². The van der Waals surface area contributed by atoms with Crippen molar-refractivity contribution in [2.75, 3.05) is 0 Å². The highest BCUT2D eigenvalue weighted by molar-refractivity contribution is 6.01. The quantitative estimate of drug-likeness (QED) is 0.0325. The van der Waals surface area contributed by atoms with Gasteiger partial charge >= 0.3 is 41.8 Å². The van der Waals surface area contributed by atoms with Crippen molar-refractivity contribution in [3.63, 3.8) is 0 Å². The van der Waals surface area contributed by atoms with E-state index in [4.69, 9.17) is 10.8 Å². The van der Waals surface area contributed by atoms with Crippen LogP contribution < -0.4 is 43.0 Å². The predicted molar refractivity (Wildman–Crippen MR) is 240 cm³/mol. The lowest BCUT2D eigenvalue weighted by Gasteiger charge is -2.33. The molecule has 1 aromatic carbocycles. The van der Waals surface area contributed by atoms with Gasteiger partial charge in [-0.2, -0.15) is 0 Å². The molecule has 0 saturated carbocycles. The molecule has 0 aromatic heterocycles. The highest BCUT2D eigenvalue weighted by Gasteiger charge is 2.48. The second-order valence-electron chi connectivity index (χ2n) is 17.2. The highest BCUT2D eigenvalue weighted by atomic mass is 16.4. The number of benzene rings is 1. The van der Waals surface area contributed by atoms with Gasteiger partial charge in [-0.3, -0.25) is 62.3 Å². The molecule has 0 bridgehead atoms. The van der Waals surface area contributed by atoms with Gasteiger partial charge in [0.2, 0.25) is 41.4 Å². The number of nitrogens with one attached hydrogen (secondary N) is 7. The minimum atomic E-state index is -2.27. The van der Waals surface area contributed by atoms with E-state index in [0.717, 1.165) is 0 Å². The second-order valence-corrected chi connectivity index (χ2v) is 17.2. The number of amides is 7. The molecule has 402 valence electrons. The molecular weight excluding hydrogens is 981 g/mol. The number of nitrogens with two attached hydrogens (primary N) is 1. The lowest BCUT2D eigenvalue weighted by Crippen LogP contribution is -2.66. The summed E-state index contributed by atoms with van der Waals surface area (Å²) in [6.45, 7) is 2.88. The number of hydrogen-bond donors (Lipinski definition) is 16. The van der Waals surface area contributed by atoms with Crippen LogP contribution in [0.15, 0.2) is 18.2 Å². The van der Waals surface area contributed by atoms with Crippen LogP contribution in [-0.2, 0) is 80.0 Å². The zero-order chi connectivity index (χ0) is 55.5. The minimum absolute atomic E-state index is 0.215. The Morgan fingerprint density at radius 2 is 0.877 bits per heavy atom. The van der Waals surface area contributed by atoms with Gasteiger partial charge in [0.25, 0.3) is 0 Å². The van der Waals surface area contributed by atoms with Crippen LogP contribution >= 0.6 is 0 Å². The van der Waals surface area contributed by atoms with E-state index < -0.39 is 214 Å². The summed E-state index contributed by atoms with van der Waals surface area (Å²) in [6.07, 6.45) is -9.13. The molecule has 0 fully saturated rings. The monoisotopic (exact) mass is 1040 g/mol. The Labute approximate surface area is 413 Å². The summed E-state index contributed by atoms with van der Waals surface area (Å²) in [7, 11) is 0. The van der Waals surface area contributed by atoms with Crippen LogP contribution in [-0.4, -0.2) is 172 Å². The maximum atomic E-state index is 14.6. The van der Waals surface area contributed by atoms with Crippen molar-refractivity contribution >= 4 is 83.1 Å². The van der Waals surface area contributed by atoms with Gasteiger partial charge in [-0.25, -0.2) is 4.79 Å². The Bertz CT molecular complexity index is 2320. The van der Waals surface area contributed by atoms with E-state index in [1.54, 1.807) is 0 Å². The lowest BCUT2D eigenvalue weighted by molar-refractivity contribution is -0.144. The fraction of sp³-hybridized carbons (Fsp3) is 0.535. The van der Waals surface area contributed by atoms with Crippen molar-refractivity contribution in [2.24, 2.45) is 11.7 Å². The highest BCUT2D eigenvalue weighted by Crippen LogP contribution is 2.33. The topological polar surface area (TPSA) is 511 Å². The molecule has 7 amide bonds. The van der Waals surface area contributed by atoms with E-state index in [2.05, 4.69) is 26.6 Å². The first-order valence-corrected chi connectivity index (χ1v) is 22.2. The Morgan fingerprint density at radius 3 is 1.32 bits per heavy atom. The molecule has 0 heterocycles. The summed E-state index contributed by atoms with van der Waals surface area (Å²) in [5, 5.41) is 91.3. The molecule has 0 saturated heterocycles. The zero-order valence-corrected chi connectivity index (χ0v) is 39.2. The van der Waals surface area contributed by atoms with Gasteiger partial charge in [0.1, 0.15) is 47.5 Å². The van der Waals surface area contributed by atoms with Gasteiger partial charge in [0.05, 0.1) is 18.9 Å². The van der Waals surface area contributed by atoms with Gasteiger partial charge in [0.15, 0.2) is 0 Å². The first kappa shape index (κ1) is 60.7. The van der Waals surface area contributed by atoms with Crippen molar-refractivity contribution in [3.05, 3.63) is 29.3 Å². The SMILES string of the molecule is CC(C)[C@H](NC(=O)[C@H](CCC(=O)O)NC(=O)[C@H](CCC(=O)O)NC(=O)C1(NC(=O)[C@H](CCC(=O)O)NC(=O)[C@H](CC(=O)O)NC(=O)[C@H](CC(=O)O)NC(=O)[C@@H](N)CCC(=O)O)Cc2ccc(O)cc2C1)C(=O)O. The van der Waals surface area contributed by atoms with Gasteiger partial charge in [-0.15, -0.1) is 0 Å². The predicted octanol–water partition coefficient (Wildman–Crippen LogP) is -4.27. The van der Waals surface area contributed by atoms with E-state index >= 15 is 0 Å². The van der Waals surface area contributed by atoms with Crippen molar-refractivity contribution in [1.82, 2.24) is 37.2 Å². The fourth-order valence-corrected chi connectivity index (χ4v) is 7.24. The maximum Gasteiger partial charge on any atom is 0.326 e. The van der Waals surface area contributed by atoms with Crippen molar-refractivity contribution in [2.45, 2.75) is 139 Å². The number of aromatic hydroxyl groups is 1. The molecule has 0 aliphatic heterocycles. The number of carboxylic acids is 7. The number of carbonyl (C=O) groups is 14. The van der Waals surface area contributed by atoms with Crippen molar-refractivity contribution in [3.8, 4) is 5.75 Å². The molecule has 1 aliphatic rings. The van der Waals surface area contributed by atoms with Crippen LogP contribution in [0.5, 0.6) is 5.75 Å². The number of fused-ring (bicyclic) bond motifs is 1. The van der Waals surface area contributed by atoms with Gasteiger partial charge in [-0.1, -0.05) is 19.9 Å². The molecule has 30 heteroatoms. The van der Waals surface area contributed by atoms with Crippen LogP contribution in [0.3, 0.4) is 0 Å². The fourth-order valence-electron chi connectivity index (χ4n) is 7.24. The van der Waals surface area contributed by atoms with Crippen LogP contribution in [0.1, 0.15) is 89.2 Å². The standard InChI is InChI=1S/C43H58N8O22/c1-18(2)34(41(71)72)50-37(67)23(6-10-29(55)56)45-36(66)24(7-11-30(57)58)49-42(73)43(16-19-3-4-21(52)13-20(19)17-43)51-40(70)25(8-12-31(59)60)46-38(68)27(15-33(63)64)48-39(69)26(14-32(61)62)47-35(65)22(44)5-9-28(53)54/h3-4,13,18,22-27,34,52H,5-12,14-17,44H2,1-2H3,(H,45,66)(H,46,68)(H,47,65)(H,48,69)(H,49,73)(H,50,67)(H,51,70)(H,53,54)(H,55,56)(H,57,58)(H,59,60)(H,61,62)(H,63,64)(H,71,72)/t22-,23-,24-,25-,26-,27-,34-,43?/m0/s1. The summed E-state index contributed by atoms with van der Waals surface area (Å²) >= 11 is 0. The normalized spacial score (nSPS) is 16.5. The average molecular weight is 1040 g/mol. The molecule has 17 N–H and O–H groups in total. The second kappa shape index (κ2) is 27.8. The molecular formula is C43H58N8O22. The third-order valence-corrected chi connectivity index (χ3v) is 11.1. The molecule has 2 rings (SSSR count). The molecule has 1 aliphatic carbocycles. The number of phenolic OH excluding ortho intramolecular Hbond substituents is 1. The zero-order valence-electron chi connectivity index (χ0n) is 39.2. The molecule has 73 heavy (non-hydrogen) atoms. The summed E-state index contributed by atoms with van der Waals surface area (Å²) < 4.78 is 0. The van der Waals surface area contributed by atoms with Gasteiger partial charge < -0.3 is 83.8 Å². The molecule has 0 radical (unpaired) electrons. The number of rotatable bonds is 32. The van der Waals surface area contributed by atoms with Crippen LogP contribution in [0.25, 0.3) is 0 Å². The van der Waals surface area contributed by atoms with Gasteiger partial charge in [0, 0.05) is 38.5 Å². The third kappa shape index (κ3) is 20.1. The largest absolute Gasteiger partial charge is 0.508 e. The molecule has 0 spiro atoms. The number of aliphatic carboxylic acids is 7. The Morgan fingerprint density at radius 1 is 0.493 bits per heavy atom. The van der Waals surface area contributed by atoms with Crippen LogP contribution in [0, 0.1) is 5.92 Å². The summed E-state index contributed by atoms with van der Waals surface area (Å²) in [5.74, 6) is -21.0. The number of carboxylic acid groups (broad SMARTS) is 7. The number of phenols is 1. The van der Waals surface area contributed by atoms with E-state index in [1.165, 1.54) is 32.0 Å². The summed E-state index contributed by atoms with van der Waals surface area (Å²) in [5.41, 5.74) is 3.89. The lowest BCUT2D eigenvalue weighted by atomic mass is 9.92. The first-order valence-electron chi connectivity index (χ1n) is 22.2. The third-order valence-electron chi connectivity index (χ3n) is 11.1. The van der Waals surface area contributed by atoms with E-state index in [1.807, 2.05) is 10.6 Å².